The van der Waals surface area contributed by atoms with Crippen LogP contribution in [0, 0.1) is 18.6 Å². The number of benzene rings is 5. The van der Waals surface area contributed by atoms with E-state index in [1.54, 1.807) is 79.7 Å². The number of Topliss-reactive ketones (excluding diaryl/α,β-unsaturated/α-hetero) is 4. The summed E-state index contributed by atoms with van der Waals surface area (Å²) in [5.41, 5.74) is -0.837. The van der Waals surface area contributed by atoms with Gasteiger partial charge in [-0.05, 0) is 107 Å². The molecule has 5 heterocycles. The van der Waals surface area contributed by atoms with Crippen LogP contribution >= 0.6 is 45.3 Å². The van der Waals surface area contributed by atoms with Crippen LogP contribution in [0.5, 0.6) is 5.75 Å². The number of carbonyl (C=O) groups is 6. The van der Waals surface area contributed by atoms with Gasteiger partial charge in [0.15, 0.2) is 52.2 Å². The summed E-state index contributed by atoms with van der Waals surface area (Å²) in [6, 6.07) is 28.5. The molecule has 0 radical (unpaired) electrons. The van der Waals surface area contributed by atoms with Crippen molar-refractivity contribution < 1.29 is 60.5 Å². The van der Waals surface area contributed by atoms with Crippen molar-refractivity contribution in [3.05, 3.63) is 210 Å². The number of allylic oxidation sites excluding steroid dienone is 4. The maximum absolute atomic E-state index is 15.2. The lowest BCUT2D eigenvalue weighted by Crippen LogP contribution is -2.52. The van der Waals surface area contributed by atoms with Gasteiger partial charge in [-0.3, -0.25) is 19.2 Å². The monoisotopic (exact) mass is 1070 g/mol. The predicted octanol–water partition coefficient (Wildman–Crippen LogP) is 14.4. The lowest BCUT2D eigenvalue weighted by Gasteiger charge is -2.33. The van der Waals surface area contributed by atoms with E-state index in [0.717, 1.165) is 40.9 Å². The maximum Gasteiger partial charge on any atom is 0.367 e. The zero-order valence-corrected chi connectivity index (χ0v) is 41.8. The van der Waals surface area contributed by atoms with Gasteiger partial charge in [0.25, 0.3) is 0 Å². The van der Waals surface area contributed by atoms with Crippen molar-refractivity contribution in [1.29, 1.82) is 0 Å². The van der Waals surface area contributed by atoms with Crippen LogP contribution in [0.2, 0.25) is 0 Å². The average molecular weight is 1080 g/mol. The molecule has 9 aromatic rings. The molecule has 1 aliphatic heterocycles. The molecule has 4 aromatic heterocycles. The summed E-state index contributed by atoms with van der Waals surface area (Å²) in [5, 5.41) is 0.494. The molecule has 0 unspecified atom stereocenters. The Labute approximate surface area is 437 Å². The Kier molecular flexibility index (Phi) is 11.5. The fourth-order valence-corrected chi connectivity index (χ4v) is 14.6. The molecular formula is C58H30F4O9S4. The van der Waals surface area contributed by atoms with Crippen LogP contribution in [0.3, 0.4) is 0 Å². The first-order valence-corrected chi connectivity index (χ1v) is 26.0. The second-order valence-corrected chi connectivity index (χ2v) is 22.0. The van der Waals surface area contributed by atoms with E-state index in [-0.39, 0.29) is 74.3 Å². The highest BCUT2D eigenvalue weighted by Crippen LogP contribution is 2.61. The number of ketones is 4. The number of aryl methyl sites for hydroxylation is 1. The normalized spacial score (nSPS) is 15.1. The Morgan fingerprint density at radius 1 is 0.613 bits per heavy atom. The summed E-state index contributed by atoms with van der Waals surface area (Å²) in [4.78, 5) is 87.7. The number of hydrogen-bond donors (Lipinski definition) is 0. The Morgan fingerprint density at radius 3 is 1.60 bits per heavy atom. The van der Waals surface area contributed by atoms with Crippen LogP contribution in [0.4, 0.5) is 17.6 Å². The van der Waals surface area contributed by atoms with Crippen LogP contribution < -0.4 is 4.74 Å². The quantitative estimate of drug-likeness (QED) is 0.0328. The van der Waals surface area contributed by atoms with E-state index in [1.807, 2.05) is 0 Å². The molecule has 0 N–H and O–H groups in total. The summed E-state index contributed by atoms with van der Waals surface area (Å²) in [7, 11) is 0. The van der Waals surface area contributed by atoms with Gasteiger partial charge in [-0.25, -0.2) is 27.2 Å². The summed E-state index contributed by atoms with van der Waals surface area (Å²) in [6.07, 6.45) is 3.75. The molecule has 0 spiro atoms. The smallest absolute Gasteiger partial charge is 0.367 e. The standard InChI is InChI=1S/C58H30F4O9S4/c1-26-13-35-36(14-30(26)17-41(60)27(2)59)48(64)39(47(35)63)20-33-22-44-52(72-33)46-54(74-44)55-51(71-58(46,56(67)69-24-28-9-5-3-6-10-28)57(68)70-25-29-11-7-4-8-12-29)53-45(75-55)23-34(73-53)21-40-49(65)37-15-31-18-42(61)43(62)19-32(31)16-38(37)50(40)66/h3-23H,2,24-25H2,1H3/b39-20+,41-17+. The Balaban J connectivity index is 0.985. The summed E-state index contributed by atoms with van der Waals surface area (Å²) in [5.74, 6) is -9.18. The zero-order chi connectivity index (χ0) is 52.2. The third-order valence-corrected chi connectivity index (χ3v) is 17.9. The number of ether oxygens (including phenoxy) is 3. The lowest BCUT2D eigenvalue weighted by atomic mass is 9.90. The minimum absolute atomic E-state index is 0.00578. The van der Waals surface area contributed by atoms with Crippen molar-refractivity contribution >= 4 is 128 Å². The van der Waals surface area contributed by atoms with E-state index < -0.39 is 64.0 Å². The molecule has 9 nitrogen and oxygen atoms in total. The number of fused-ring (bicyclic) bond motifs is 10. The summed E-state index contributed by atoms with van der Waals surface area (Å²) >= 11 is 4.75. The maximum atomic E-state index is 15.2. The first-order chi connectivity index (χ1) is 36.1. The Hall–Kier alpha value is -8.22. The van der Waals surface area contributed by atoms with Gasteiger partial charge in [0.05, 0.1) is 40.6 Å². The van der Waals surface area contributed by atoms with Gasteiger partial charge in [-0.1, -0.05) is 67.2 Å². The van der Waals surface area contributed by atoms with Gasteiger partial charge in [0, 0.05) is 36.7 Å². The number of halogens is 4. The largest absolute Gasteiger partial charge is 0.457 e. The fourth-order valence-electron chi connectivity index (χ4n) is 9.35. The SMILES string of the molecule is C=C(F)/C(F)=C\c1cc2c(cc1C)C(=O)/C(=C\c1cc3sc4c(c3s1)C(C(=O)OCc1ccccc1)(C(=O)OCc1ccccc1)Oc1c-4sc3cc(C=C4C(=O)c5cc6cc(F)c(F)cc6cc5C4=O)sc13)C2=O. The van der Waals surface area contributed by atoms with Crippen LogP contribution in [0.15, 0.2) is 139 Å². The van der Waals surface area contributed by atoms with E-state index in [2.05, 4.69) is 6.58 Å². The Morgan fingerprint density at radius 2 is 1.08 bits per heavy atom. The van der Waals surface area contributed by atoms with Crippen LogP contribution in [-0.4, -0.2) is 35.1 Å². The van der Waals surface area contributed by atoms with E-state index in [9.17, 15) is 36.7 Å². The molecule has 12 rings (SSSR count). The molecule has 368 valence electrons. The summed E-state index contributed by atoms with van der Waals surface area (Å²) in [6.45, 7) is 4.05. The lowest BCUT2D eigenvalue weighted by molar-refractivity contribution is -0.183. The Bertz CT molecular complexity index is 4070. The van der Waals surface area contributed by atoms with Crippen molar-refractivity contribution in [1.82, 2.24) is 0 Å². The topological polar surface area (TPSA) is 130 Å². The number of carbonyl (C=O) groups excluding carboxylic acids is 6. The van der Waals surface area contributed by atoms with Crippen molar-refractivity contribution in [3.8, 4) is 15.5 Å². The molecule has 5 aromatic carbocycles. The van der Waals surface area contributed by atoms with Gasteiger partial charge >= 0.3 is 17.5 Å². The number of rotatable bonds is 10. The van der Waals surface area contributed by atoms with Crippen molar-refractivity contribution in [3.63, 3.8) is 0 Å². The van der Waals surface area contributed by atoms with E-state index >= 15 is 9.59 Å². The van der Waals surface area contributed by atoms with Gasteiger partial charge in [0.2, 0.25) is 0 Å². The molecule has 17 heteroatoms. The second-order valence-electron chi connectivity index (χ2n) is 17.8. The highest BCUT2D eigenvalue weighted by Gasteiger charge is 2.60. The summed E-state index contributed by atoms with van der Waals surface area (Å²) < 4.78 is 77.2. The van der Waals surface area contributed by atoms with Crippen molar-refractivity contribution in [2.24, 2.45) is 0 Å². The molecule has 0 amide bonds. The van der Waals surface area contributed by atoms with Crippen LogP contribution in [0.25, 0.3) is 57.6 Å². The molecule has 0 bridgehead atoms. The van der Waals surface area contributed by atoms with Gasteiger partial charge in [0.1, 0.15) is 13.2 Å². The van der Waals surface area contributed by atoms with E-state index in [0.29, 0.717) is 55.0 Å². The molecule has 75 heavy (non-hydrogen) atoms. The highest BCUT2D eigenvalue weighted by atomic mass is 32.1. The van der Waals surface area contributed by atoms with Gasteiger partial charge in [-0.15, -0.1) is 45.3 Å². The zero-order valence-electron chi connectivity index (χ0n) is 38.6. The molecular weight excluding hydrogens is 1040 g/mol. The number of thiophene rings is 4. The van der Waals surface area contributed by atoms with E-state index in [4.69, 9.17) is 14.2 Å². The number of esters is 2. The molecule has 0 fully saturated rings. The third kappa shape index (κ3) is 7.84. The second kappa shape index (κ2) is 18.0. The first-order valence-electron chi connectivity index (χ1n) is 22.7. The van der Waals surface area contributed by atoms with Crippen molar-refractivity contribution in [2.45, 2.75) is 25.7 Å². The van der Waals surface area contributed by atoms with E-state index in [1.165, 1.54) is 59.1 Å². The molecule has 2 aliphatic carbocycles. The minimum Gasteiger partial charge on any atom is -0.457 e. The van der Waals surface area contributed by atoms with Crippen molar-refractivity contribution in [2.75, 3.05) is 0 Å². The molecule has 0 saturated heterocycles. The average Bonchev–Trinajstić information content (AvgIpc) is 4.28. The fraction of sp³-hybridized carbons (Fsp3) is 0.0690. The number of hydrogen-bond acceptors (Lipinski definition) is 13. The van der Waals surface area contributed by atoms with Gasteiger partial charge in [-0.2, -0.15) is 0 Å². The van der Waals surface area contributed by atoms with Crippen LogP contribution in [0.1, 0.15) is 79.0 Å². The third-order valence-electron chi connectivity index (χ3n) is 13.0. The molecule has 0 atom stereocenters. The first kappa shape index (κ1) is 47.8. The predicted molar refractivity (Wildman–Crippen MR) is 281 cm³/mol. The van der Waals surface area contributed by atoms with Gasteiger partial charge < -0.3 is 14.2 Å². The molecule has 3 aliphatic rings. The van der Waals surface area contributed by atoms with Crippen LogP contribution in [-0.2, 0) is 37.9 Å². The molecule has 0 saturated carbocycles. The highest BCUT2D eigenvalue weighted by molar-refractivity contribution is 7.35. The minimum atomic E-state index is -2.62.